The van der Waals surface area contributed by atoms with Crippen molar-refractivity contribution < 1.29 is 9.84 Å². The third kappa shape index (κ3) is 5.51. The van der Waals surface area contributed by atoms with Gasteiger partial charge in [0.2, 0.25) is 0 Å². The summed E-state index contributed by atoms with van der Waals surface area (Å²) in [4.78, 5) is 2.55. The molecule has 0 amide bonds. The fourth-order valence-corrected chi connectivity index (χ4v) is 2.73. The minimum absolute atomic E-state index is 0.332. The Morgan fingerprint density at radius 1 is 1.05 bits per heavy atom. The Hall–Kier alpha value is -1.06. The molecule has 1 aromatic rings. The lowest BCUT2D eigenvalue weighted by Gasteiger charge is -2.31. The molecule has 1 aromatic carbocycles. The van der Waals surface area contributed by atoms with Crippen molar-refractivity contribution in [2.24, 2.45) is 5.92 Å². The van der Waals surface area contributed by atoms with Gasteiger partial charge < -0.3 is 14.7 Å². The first kappa shape index (κ1) is 15.3. The van der Waals surface area contributed by atoms with Crippen molar-refractivity contribution in [1.82, 2.24) is 4.90 Å². The Kier molecular flexibility index (Phi) is 6.89. The van der Waals surface area contributed by atoms with Crippen molar-refractivity contribution in [3.05, 3.63) is 30.3 Å². The molecular weight excluding hydrogens is 250 g/mol. The second-order valence-corrected chi connectivity index (χ2v) is 5.69. The Bertz CT molecular complexity index is 347. The van der Waals surface area contributed by atoms with Gasteiger partial charge in [-0.05, 0) is 69.8 Å². The van der Waals surface area contributed by atoms with E-state index in [0.717, 1.165) is 25.2 Å². The highest BCUT2D eigenvalue weighted by atomic mass is 16.5. The van der Waals surface area contributed by atoms with Gasteiger partial charge in [0.15, 0.2) is 0 Å². The van der Waals surface area contributed by atoms with Gasteiger partial charge in [-0.2, -0.15) is 0 Å². The lowest BCUT2D eigenvalue weighted by Crippen LogP contribution is -2.36. The molecule has 1 saturated heterocycles. The summed E-state index contributed by atoms with van der Waals surface area (Å²) in [6, 6.07) is 10.1. The van der Waals surface area contributed by atoms with Crippen LogP contribution < -0.4 is 4.74 Å². The zero-order valence-electron chi connectivity index (χ0n) is 12.3. The van der Waals surface area contributed by atoms with Crippen LogP contribution in [0.5, 0.6) is 5.75 Å². The number of likely N-dealkylation sites (tertiary alicyclic amines) is 1. The number of hydrogen-bond donors (Lipinski definition) is 1. The summed E-state index contributed by atoms with van der Waals surface area (Å²) in [5.41, 5.74) is 0. The van der Waals surface area contributed by atoms with Crippen molar-refractivity contribution in [3.8, 4) is 5.75 Å². The second-order valence-electron chi connectivity index (χ2n) is 5.69. The van der Waals surface area contributed by atoms with Crippen LogP contribution in [-0.4, -0.2) is 42.9 Å². The summed E-state index contributed by atoms with van der Waals surface area (Å²) < 4.78 is 5.85. The van der Waals surface area contributed by atoms with Gasteiger partial charge in [0.1, 0.15) is 5.75 Å². The molecule has 1 aliphatic heterocycles. The zero-order valence-corrected chi connectivity index (χ0v) is 12.3. The van der Waals surface area contributed by atoms with E-state index in [4.69, 9.17) is 9.84 Å². The largest absolute Gasteiger partial charge is 0.493 e. The summed E-state index contributed by atoms with van der Waals surface area (Å²) in [5, 5.41) is 8.76. The lowest BCUT2D eigenvalue weighted by atomic mass is 9.97. The molecule has 1 fully saturated rings. The Balaban J connectivity index is 1.57. The SMILES string of the molecule is OCCCCCN1CCC(COc2ccccc2)CC1. The molecule has 3 heteroatoms. The molecule has 0 atom stereocenters. The number of para-hydroxylation sites is 1. The molecule has 2 rings (SSSR count). The number of aliphatic hydroxyl groups excluding tert-OH is 1. The van der Waals surface area contributed by atoms with Gasteiger partial charge in [0.25, 0.3) is 0 Å². The zero-order chi connectivity index (χ0) is 14.0. The molecule has 0 unspecified atom stereocenters. The van der Waals surface area contributed by atoms with Crippen molar-refractivity contribution >= 4 is 0 Å². The lowest BCUT2D eigenvalue weighted by molar-refractivity contribution is 0.139. The van der Waals surface area contributed by atoms with Gasteiger partial charge in [-0.3, -0.25) is 0 Å². The first-order valence-electron chi connectivity index (χ1n) is 7.89. The van der Waals surface area contributed by atoms with Gasteiger partial charge in [-0.25, -0.2) is 0 Å². The highest BCUT2D eigenvalue weighted by molar-refractivity contribution is 5.20. The second kappa shape index (κ2) is 8.98. The summed E-state index contributed by atoms with van der Waals surface area (Å²) in [6.45, 7) is 4.76. The average molecular weight is 277 g/mol. The minimum Gasteiger partial charge on any atom is -0.493 e. The van der Waals surface area contributed by atoms with Crippen LogP contribution in [0.15, 0.2) is 30.3 Å². The monoisotopic (exact) mass is 277 g/mol. The van der Waals surface area contributed by atoms with E-state index in [-0.39, 0.29) is 0 Å². The van der Waals surface area contributed by atoms with Crippen LogP contribution >= 0.6 is 0 Å². The Morgan fingerprint density at radius 3 is 2.50 bits per heavy atom. The molecule has 20 heavy (non-hydrogen) atoms. The van der Waals surface area contributed by atoms with Crippen LogP contribution in [-0.2, 0) is 0 Å². The van der Waals surface area contributed by atoms with E-state index in [0.29, 0.717) is 12.5 Å². The topological polar surface area (TPSA) is 32.7 Å². The average Bonchev–Trinajstić information content (AvgIpc) is 2.52. The van der Waals surface area contributed by atoms with Crippen LogP contribution in [0.2, 0.25) is 0 Å². The third-order valence-corrected chi connectivity index (χ3v) is 4.07. The number of unbranched alkanes of at least 4 members (excludes halogenated alkanes) is 2. The summed E-state index contributed by atoms with van der Waals surface area (Å²) >= 11 is 0. The molecule has 1 aliphatic rings. The number of aliphatic hydroxyl groups is 1. The smallest absolute Gasteiger partial charge is 0.119 e. The van der Waals surface area contributed by atoms with E-state index in [1.165, 1.54) is 38.9 Å². The van der Waals surface area contributed by atoms with Crippen LogP contribution in [0, 0.1) is 5.92 Å². The van der Waals surface area contributed by atoms with Gasteiger partial charge in [-0.15, -0.1) is 0 Å². The molecule has 0 bridgehead atoms. The summed E-state index contributed by atoms with van der Waals surface area (Å²) in [5.74, 6) is 1.68. The first-order chi connectivity index (χ1) is 9.88. The predicted molar refractivity (Wildman–Crippen MR) is 82.0 cm³/mol. The van der Waals surface area contributed by atoms with E-state index in [1.54, 1.807) is 0 Å². The molecule has 1 heterocycles. The van der Waals surface area contributed by atoms with E-state index < -0.39 is 0 Å². The van der Waals surface area contributed by atoms with Crippen molar-refractivity contribution in [1.29, 1.82) is 0 Å². The quantitative estimate of drug-likeness (QED) is 0.742. The number of piperidine rings is 1. The van der Waals surface area contributed by atoms with Crippen molar-refractivity contribution in [2.75, 3.05) is 32.8 Å². The number of benzene rings is 1. The van der Waals surface area contributed by atoms with Crippen LogP contribution in [0.1, 0.15) is 32.1 Å². The predicted octanol–water partition coefficient (Wildman–Crippen LogP) is 2.94. The number of rotatable bonds is 8. The fourth-order valence-electron chi connectivity index (χ4n) is 2.73. The maximum absolute atomic E-state index is 8.76. The van der Waals surface area contributed by atoms with Crippen molar-refractivity contribution in [3.63, 3.8) is 0 Å². The normalized spacial score (nSPS) is 17.2. The van der Waals surface area contributed by atoms with E-state index >= 15 is 0 Å². The third-order valence-electron chi connectivity index (χ3n) is 4.07. The van der Waals surface area contributed by atoms with Crippen molar-refractivity contribution in [2.45, 2.75) is 32.1 Å². The molecule has 0 spiro atoms. The highest BCUT2D eigenvalue weighted by Gasteiger charge is 2.19. The maximum atomic E-state index is 8.76. The molecule has 0 aromatic heterocycles. The van der Waals surface area contributed by atoms with E-state index in [9.17, 15) is 0 Å². The van der Waals surface area contributed by atoms with Gasteiger partial charge >= 0.3 is 0 Å². The van der Waals surface area contributed by atoms with Crippen LogP contribution in [0.3, 0.4) is 0 Å². The number of hydrogen-bond acceptors (Lipinski definition) is 3. The Labute approximate surface area is 122 Å². The van der Waals surface area contributed by atoms with E-state index in [2.05, 4.69) is 4.90 Å². The fraction of sp³-hybridized carbons (Fsp3) is 0.647. The summed E-state index contributed by atoms with van der Waals surface area (Å²) in [6.07, 6.45) is 5.79. The maximum Gasteiger partial charge on any atom is 0.119 e. The highest BCUT2D eigenvalue weighted by Crippen LogP contribution is 2.19. The van der Waals surface area contributed by atoms with E-state index in [1.807, 2.05) is 30.3 Å². The molecule has 0 aliphatic carbocycles. The molecule has 112 valence electrons. The Morgan fingerprint density at radius 2 is 1.80 bits per heavy atom. The molecule has 0 saturated carbocycles. The van der Waals surface area contributed by atoms with Gasteiger partial charge in [0, 0.05) is 6.61 Å². The first-order valence-corrected chi connectivity index (χ1v) is 7.89. The molecule has 0 radical (unpaired) electrons. The number of ether oxygens (including phenoxy) is 1. The molecular formula is C17H27NO2. The van der Waals surface area contributed by atoms with Crippen LogP contribution in [0.4, 0.5) is 0 Å². The number of nitrogens with zero attached hydrogens (tertiary/aromatic N) is 1. The standard InChI is InChI=1S/C17H27NO2/c19-14-6-2-5-11-18-12-9-16(10-13-18)15-20-17-7-3-1-4-8-17/h1,3-4,7-8,16,19H,2,5-6,9-15H2. The van der Waals surface area contributed by atoms with Crippen LogP contribution in [0.25, 0.3) is 0 Å². The summed E-state index contributed by atoms with van der Waals surface area (Å²) in [7, 11) is 0. The minimum atomic E-state index is 0.332. The molecule has 1 N–H and O–H groups in total. The van der Waals surface area contributed by atoms with Gasteiger partial charge in [-0.1, -0.05) is 18.2 Å². The van der Waals surface area contributed by atoms with Gasteiger partial charge in [0.05, 0.1) is 6.61 Å². The molecule has 3 nitrogen and oxygen atoms in total.